The molecule has 0 bridgehead atoms. The summed E-state index contributed by atoms with van der Waals surface area (Å²) in [5.74, 6) is -0.366. The van der Waals surface area contributed by atoms with Crippen LogP contribution in [-0.4, -0.2) is 28.1 Å². The maximum Gasteiger partial charge on any atom is 0.330 e. The van der Waals surface area contributed by atoms with Gasteiger partial charge in [-0.2, -0.15) is 0 Å². The maximum absolute atomic E-state index is 11.4. The van der Waals surface area contributed by atoms with Gasteiger partial charge in [0.05, 0.1) is 12.6 Å². The van der Waals surface area contributed by atoms with E-state index in [4.69, 9.17) is 5.73 Å². The third kappa shape index (κ3) is 1.58. The largest absolute Gasteiger partial charge is 0.467 e. The average Bonchev–Trinajstić information content (AvgIpc) is 2.69. The highest BCUT2D eigenvalue weighted by Crippen LogP contribution is 2.18. The normalized spacial score (nSPS) is 12.6. The number of benzene rings is 1. The molecule has 2 N–H and O–H groups in total. The van der Waals surface area contributed by atoms with Crippen LogP contribution >= 0.6 is 0 Å². The van der Waals surface area contributed by atoms with Crippen LogP contribution in [0, 0.1) is 0 Å². The van der Waals surface area contributed by atoms with Crippen molar-refractivity contribution in [3.05, 3.63) is 18.2 Å². The molecule has 0 aliphatic carbocycles. The van der Waals surface area contributed by atoms with Gasteiger partial charge in [0, 0.05) is 5.69 Å². The zero-order valence-electron chi connectivity index (χ0n) is 9.04. The van der Waals surface area contributed by atoms with Crippen LogP contribution in [0.15, 0.2) is 18.2 Å². The van der Waals surface area contributed by atoms with Crippen molar-refractivity contribution in [2.75, 3.05) is 12.8 Å². The quantitative estimate of drug-likeness (QED) is 0.596. The highest BCUT2D eigenvalue weighted by Gasteiger charge is 2.19. The molecule has 2 aromatic rings. The number of nitrogens with two attached hydrogens (primary N) is 1. The summed E-state index contributed by atoms with van der Waals surface area (Å²) >= 11 is 0. The first kappa shape index (κ1) is 10.4. The molecule has 0 saturated carbocycles. The molecule has 1 atom stereocenters. The van der Waals surface area contributed by atoms with Gasteiger partial charge < -0.3 is 10.5 Å². The van der Waals surface area contributed by atoms with Crippen LogP contribution in [0.5, 0.6) is 0 Å². The molecular weight excluding hydrogens is 208 g/mol. The number of fused-ring (bicyclic) bond motifs is 1. The van der Waals surface area contributed by atoms with Crippen LogP contribution in [0.1, 0.15) is 13.0 Å². The van der Waals surface area contributed by atoms with Crippen LogP contribution in [0.4, 0.5) is 5.69 Å². The fourth-order valence-corrected chi connectivity index (χ4v) is 1.51. The van der Waals surface area contributed by atoms with Crippen molar-refractivity contribution >= 4 is 22.7 Å². The Morgan fingerprint density at radius 2 is 2.31 bits per heavy atom. The Labute approximate surface area is 92.0 Å². The number of esters is 1. The third-order valence-corrected chi connectivity index (χ3v) is 2.40. The number of rotatable bonds is 2. The van der Waals surface area contributed by atoms with Gasteiger partial charge in [-0.1, -0.05) is 5.21 Å². The van der Waals surface area contributed by atoms with Crippen LogP contribution in [0.2, 0.25) is 0 Å². The van der Waals surface area contributed by atoms with Gasteiger partial charge in [-0.05, 0) is 25.1 Å². The van der Waals surface area contributed by atoms with Crippen LogP contribution in [0.25, 0.3) is 11.0 Å². The van der Waals surface area contributed by atoms with Crippen molar-refractivity contribution in [2.45, 2.75) is 13.0 Å². The second-order valence-electron chi connectivity index (χ2n) is 3.48. The fraction of sp³-hybridized carbons (Fsp3) is 0.300. The predicted octanol–water partition coefficient (Wildman–Crippen LogP) is 0.747. The summed E-state index contributed by atoms with van der Waals surface area (Å²) in [6.07, 6.45) is 0. The highest BCUT2D eigenvalue weighted by atomic mass is 16.5. The van der Waals surface area contributed by atoms with E-state index in [9.17, 15) is 4.79 Å². The predicted molar refractivity (Wildman–Crippen MR) is 58.7 cm³/mol. The van der Waals surface area contributed by atoms with Crippen LogP contribution in [0.3, 0.4) is 0 Å². The first-order valence-corrected chi connectivity index (χ1v) is 4.81. The highest BCUT2D eigenvalue weighted by molar-refractivity contribution is 5.81. The molecule has 0 amide bonds. The van der Waals surface area contributed by atoms with Crippen LogP contribution in [-0.2, 0) is 9.53 Å². The smallest absolute Gasteiger partial charge is 0.330 e. The number of methoxy groups -OCH3 is 1. The van der Waals surface area contributed by atoms with E-state index in [0.29, 0.717) is 11.2 Å². The van der Waals surface area contributed by atoms with Crippen molar-refractivity contribution in [2.24, 2.45) is 0 Å². The number of ether oxygens (including phenoxy) is 1. The summed E-state index contributed by atoms with van der Waals surface area (Å²) in [6.45, 7) is 1.70. The molecule has 0 fully saturated rings. The lowest BCUT2D eigenvalue weighted by molar-refractivity contribution is -0.144. The lowest BCUT2D eigenvalue weighted by atomic mass is 10.2. The summed E-state index contributed by atoms with van der Waals surface area (Å²) in [5.41, 5.74) is 7.70. The number of carbonyl (C=O) groups is 1. The molecule has 0 unspecified atom stereocenters. The zero-order chi connectivity index (χ0) is 11.7. The van der Waals surface area contributed by atoms with E-state index >= 15 is 0 Å². The molecule has 0 spiro atoms. The summed E-state index contributed by atoms with van der Waals surface area (Å²) in [5, 5.41) is 7.86. The van der Waals surface area contributed by atoms with E-state index in [1.165, 1.54) is 11.8 Å². The van der Waals surface area contributed by atoms with E-state index in [2.05, 4.69) is 15.0 Å². The van der Waals surface area contributed by atoms with E-state index in [1.54, 1.807) is 25.1 Å². The van der Waals surface area contributed by atoms with Gasteiger partial charge in [0.25, 0.3) is 0 Å². The molecule has 0 saturated heterocycles. The summed E-state index contributed by atoms with van der Waals surface area (Å²) in [7, 11) is 1.34. The maximum atomic E-state index is 11.4. The number of carbonyl (C=O) groups excluding carboxylic acids is 1. The summed E-state index contributed by atoms with van der Waals surface area (Å²) < 4.78 is 6.15. The number of hydrogen-bond acceptors (Lipinski definition) is 5. The van der Waals surface area contributed by atoms with Crippen molar-refractivity contribution < 1.29 is 9.53 Å². The molecule has 0 aliphatic heterocycles. The number of nitrogen functional groups attached to an aromatic ring is 1. The van der Waals surface area contributed by atoms with Crippen molar-refractivity contribution in [3.63, 3.8) is 0 Å². The third-order valence-electron chi connectivity index (χ3n) is 2.40. The summed E-state index contributed by atoms with van der Waals surface area (Å²) in [6, 6.07) is 4.72. The molecule has 0 radical (unpaired) electrons. The number of anilines is 1. The van der Waals surface area contributed by atoms with E-state index in [-0.39, 0.29) is 5.97 Å². The fourth-order valence-electron chi connectivity index (χ4n) is 1.51. The Morgan fingerprint density at radius 1 is 1.56 bits per heavy atom. The van der Waals surface area contributed by atoms with Gasteiger partial charge in [0.2, 0.25) is 0 Å². The van der Waals surface area contributed by atoms with Gasteiger partial charge in [-0.3, -0.25) is 0 Å². The van der Waals surface area contributed by atoms with Gasteiger partial charge in [0.15, 0.2) is 0 Å². The Kier molecular flexibility index (Phi) is 2.47. The number of aromatic nitrogens is 3. The molecule has 6 nitrogen and oxygen atoms in total. The molecule has 1 heterocycles. The van der Waals surface area contributed by atoms with E-state index < -0.39 is 6.04 Å². The van der Waals surface area contributed by atoms with Crippen molar-refractivity contribution in [1.82, 2.24) is 15.0 Å². The van der Waals surface area contributed by atoms with Gasteiger partial charge in [-0.25, -0.2) is 9.48 Å². The topological polar surface area (TPSA) is 83.0 Å². The molecular formula is C10H12N4O2. The Morgan fingerprint density at radius 3 is 3.00 bits per heavy atom. The first-order chi connectivity index (χ1) is 7.63. The molecule has 16 heavy (non-hydrogen) atoms. The monoisotopic (exact) mass is 220 g/mol. The van der Waals surface area contributed by atoms with Gasteiger partial charge >= 0.3 is 5.97 Å². The van der Waals surface area contributed by atoms with Gasteiger partial charge in [-0.15, -0.1) is 5.10 Å². The Hall–Kier alpha value is -2.11. The minimum absolute atomic E-state index is 0.366. The SMILES string of the molecule is COC(=O)[C@@H](C)n1nnc2ccc(N)cc21. The average molecular weight is 220 g/mol. The molecule has 2 rings (SSSR count). The minimum Gasteiger partial charge on any atom is -0.467 e. The Balaban J connectivity index is 2.52. The van der Waals surface area contributed by atoms with Crippen LogP contribution < -0.4 is 5.73 Å². The lowest BCUT2D eigenvalue weighted by Gasteiger charge is -2.09. The number of hydrogen-bond donors (Lipinski definition) is 1. The lowest BCUT2D eigenvalue weighted by Crippen LogP contribution is -2.18. The molecule has 84 valence electrons. The molecule has 1 aromatic heterocycles. The zero-order valence-corrected chi connectivity index (χ0v) is 9.04. The van der Waals surface area contributed by atoms with Gasteiger partial charge in [0.1, 0.15) is 11.6 Å². The second-order valence-corrected chi connectivity index (χ2v) is 3.48. The van der Waals surface area contributed by atoms with E-state index in [1.807, 2.05) is 0 Å². The standard InChI is InChI=1S/C10H12N4O2/c1-6(10(15)16-2)14-9-5-7(11)3-4-8(9)12-13-14/h3-6H,11H2,1-2H3/t6-/m1/s1. The van der Waals surface area contributed by atoms with E-state index in [0.717, 1.165) is 5.52 Å². The number of nitrogens with zero attached hydrogens (tertiary/aromatic N) is 3. The van der Waals surface area contributed by atoms with Crippen molar-refractivity contribution in [3.8, 4) is 0 Å². The second kappa shape index (κ2) is 3.80. The molecule has 0 aliphatic rings. The molecule has 1 aromatic carbocycles. The minimum atomic E-state index is -0.517. The Bertz CT molecular complexity index is 535. The molecule has 6 heteroatoms. The van der Waals surface area contributed by atoms with Crippen molar-refractivity contribution in [1.29, 1.82) is 0 Å². The first-order valence-electron chi connectivity index (χ1n) is 4.81. The summed E-state index contributed by atoms with van der Waals surface area (Å²) in [4.78, 5) is 11.4.